The van der Waals surface area contributed by atoms with E-state index in [0.29, 0.717) is 12.0 Å². The third-order valence-corrected chi connectivity index (χ3v) is 7.32. The summed E-state index contributed by atoms with van der Waals surface area (Å²) in [6.07, 6.45) is 6.19. The zero-order valence-electron chi connectivity index (χ0n) is 16.5. The van der Waals surface area contributed by atoms with E-state index >= 15 is 0 Å². The highest BCUT2D eigenvalue weighted by Crippen LogP contribution is 2.34. The quantitative estimate of drug-likeness (QED) is 0.748. The van der Waals surface area contributed by atoms with Crippen molar-refractivity contribution in [2.24, 2.45) is 5.92 Å². The fourth-order valence-electron chi connectivity index (χ4n) is 4.88. The molecule has 0 spiro atoms. The van der Waals surface area contributed by atoms with Crippen molar-refractivity contribution < 1.29 is 9.53 Å². The zero-order chi connectivity index (χ0) is 17.9. The maximum atomic E-state index is 13.1. The van der Waals surface area contributed by atoms with Gasteiger partial charge in [-0.15, -0.1) is 36.2 Å². The number of hydrogen-bond donors (Lipinski definition) is 1. The predicted molar refractivity (Wildman–Crippen MR) is 119 cm³/mol. The Hall–Kier alpha value is -0.370. The summed E-state index contributed by atoms with van der Waals surface area (Å²) in [7, 11) is 1.98. The van der Waals surface area contributed by atoms with Crippen molar-refractivity contribution in [1.29, 1.82) is 0 Å². The summed E-state index contributed by atoms with van der Waals surface area (Å²) >= 11 is 1.79. The molecule has 0 aromatic carbocycles. The van der Waals surface area contributed by atoms with Gasteiger partial charge in [-0.2, -0.15) is 0 Å². The topological polar surface area (TPSA) is 44.8 Å². The molecule has 160 valence electrons. The number of rotatable bonds is 5. The summed E-state index contributed by atoms with van der Waals surface area (Å²) in [6.45, 7) is 4.21. The first-order valence-electron chi connectivity index (χ1n) is 10.1. The Labute approximate surface area is 185 Å². The van der Waals surface area contributed by atoms with Gasteiger partial charge >= 0.3 is 0 Å². The molecule has 3 heterocycles. The van der Waals surface area contributed by atoms with E-state index in [-0.39, 0.29) is 42.8 Å². The lowest BCUT2D eigenvalue weighted by Crippen LogP contribution is -2.48. The number of morpholine rings is 1. The fraction of sp³-hybridized carbons (Fsp3) is 0.750. The summed E-state index contributed by atoms with van der Waals surface area (Å²) in [5.74, 6) is 0.979. The van der Waals surface area contributed by atoms with Crippen molar-refractivity contribution in [2.45, 2.75) is 50.2 Å². The van der Waals surface area contributed by atoms with Crippen LogP contribution in [0.4, 0.5) is 0 Å². The largest absolute Gasteiger partial charge is 0.379 e. The number of nitrogens with one attached hydrogen (secondary N) is 1. The highest BCUT2D eigenvalue weighted by Gasteiger charge is 2.39. The van der Waals surface area contributed by atoms with Crippen molar-refractivity contribution in [2.75, 3.05) is 39.9 Å². The van der Waals surface area contributed by atoms with Crippen LogP contribution < -0.4 is 5.32 Å². The van der Waals surface area contributed by atoms with Gasteiger partial charge in [0, 0.05) is 37.6 Å². The fourth-order valence-corrected chi connectivity index (χ4v) is 5.73. The molecule has 2 aliphatic heterocycles. The van der Waals surface area contributed by atoms with Gasteiger partial charge in [0.15, 0.2) is 0 Å². The Morgan fingerprint density at radius 1 is 1.32 bits per heavy atom. The summed E-state index contributed by atoms with van der Waals surface area (Å²) < 4.78 is 5.53. The minimum Gasteiger partial charge on any atom is -0.379 e. The highest BCUT2D eigenvalue weighted by molar-refractivity contribution is 7.10. The van der Waals surface area contributed by atoms with Gasteiger partial charge in [0.2, 0.25) is 5.91 Å². The van der Waals surface area contributed by atoms with Gasteiger partial charge in [-0.05, 0) is 36.6 Å². The van der Waals surface area contributed by atoms with Crippen molar-refractivity contribution in [1.82, 2.24) is 15.1 Å². The third kappa shape index (κ3) is 5.41. The standard InChI is InChI=1S/C20H31N3O2S.2ClH/c1-22(20(24)17-13-15-5-2-3-6-16(15)21-17)14-18(19-7-4-12-26-19)23-8-10-25-11-9-23;;/h4,7,12,15-18,21H,2-3,5-6,8-11,13-14H2,1H3;2*1H. The number of halogens is 2. The van der Waals surface area contributed by atoms with Gasteiger partial charge in [-0.1, -0.05) is 18.9 Å². The molecule has 4 rings (SSSR count). The van der Waals surface area contributed by atoms with Gasteiger partial charge in [-0.3, -0.25) is 9.69 Å². The number of likely N-dealkylation sites (N-methyl/N-ethyl adjacent to an activating group) is 1. The predicted octanol–water partition coefficient (Wildman–Crippen LogP) is 3.34. The number of ether oxygens (including phenoxy) is 1. The number of fused-ring (bicyclic) bond motifs is 1. The number of thiophene rings is 1. The number of hydrogen-bond acceptors (Lipinski definition) is 5. The number of nitrogens with zero attached hydrogens (tertiary/aromatic N) is 2. The molecule has 1 aliphatic carbocycles. The number of amides is 1. The first-order chi connectivity index (χ1) is 12.7. The molecule has 1 amide bonds. The smallest absolute Gasteiger partial charge is 0.239 e. The minimum absolute atomic E-state index is 0. The molecule has 0 radical (unpaired) electrons. The molecule has 4 atom stereocenters. The van der Waals surface area contributed by atoms with Crippen LogP contribution in [0.3, 0.4) is 0 Å². The Morgan fingerprint density at radius 3 is 2.75 bits per heavy atom. The Kier molecular flexibility index (Phi) is 9.51. The van der Waals surface area contributed by atoms with Crippen LogP contribution >= 0.6 is 36.2 Å². The SMILES string of the molecule is CN(CC(c1cccs1)N1CCOCC1)C(=O)C1CC2CCCCC2N1.Cl.Cl. The van der Waals surface area contributed by atoms with Crippen LogP contribution in [0.1, 0.15) is 43.0 Å². The molecule has 1 N–H and O–H groups in total. The summed E-state index contributed by atoms with van der Waals surface area (Å²) in [4.78, 5) is 18.9. The van der Waals surface area contributed by atoms with E-state index in [1.165, 1.54) is 30.6 Å². The minimum atomic E-state index is 0. The second-order valence-electron chi connectivity index (χ2n) is 8.00. The van der Waals surface area contributed by atoms with Crippen LogP contribution in [-0.4, -0.2) is 67.7 Å². The van der Waals surface area contributed by atoms with Crippen molar-refractivity contribution in [3.05, 3.63) is 22.4 Å². The average Bonchev–Trinajstić information content (AvgIpc) is 3.35. The lowest BCUT2D eigenvalue weighted by Gasteiger charge is -2.36. The molecular formula is C20H33Cl2N3O2S. The Morgan fingerprint density at radius 2 is 2.07 bits per heavy atom. The van der Waals surface area contributed by atoms with Crippen molar-refractivity contribution in [3.8, 4) is 0 Å². The number of carbonyl (C=O) groups is 1. The lowest BCUT2D eigenvalue weighted by molar-refractivity contribution is -0.132. The van der Waals surface area contributed by atoms with E-state index in [9.17, 15) is 4.79 Å². The lowest BCUT2D eigenvalue weighted by atomic mass is 9.85. The molecule has 0 bridgehead atoms. The van der Waals surface area contributed by atoms with E-state index < -0.39 is 0 Å². The highest BCUT2D eigenvalue weighted by atomic mass is 35.5. The van der Waals surface area contributed by atoms with Crippen molar-refractivity contribution >= 4 is 42.1 Å². The second kappa shape index (κ2) is 11.1. The molecule has 5 nitrogen and oxygen atoms in total. The van der Waals surface area contributed by atoms with E-state index in [0.717, 1.165) is 39.3 Å². The van der Waals surface area contributed by atoms with Crippen LogP contribution in [0.25, 0.3) is 0 Å². The molecule has 1 saturated carbocycles. The summed E-state index contributed by atoms with van der Waals surface area (Å²) in [6, 6.07) is 5.17. The monoisotopic (exact) mass is 449 g/mol. The van der Waals surface area contributed by atoms with Gasteiger partial charge in [-0.25, -0.2) is 0 Å². The normalized spacial score (nSPS) is 28.5. The molecule has 28 heavy (non-hydrogen) atoms. The summed E-state index contributed by atoms with van der Waals surface area (Å²) in [5.41, 5.74) is 0. The molecule has 1 aromatic rings. The average molecular weight is 450 g/mol. The molecule has 2 saturated heterocycles. The maximum Gasteiger partial charge on any atom is 0.239 e. The van der Waals surface area contributed by atoms with E-state index in [1.807, 2.05) is 11.9 Å². The second-order valence-corrected chi connectivity index (χ2v) is 8.98. The van der Waals surface area contributed by atoms with Crippen LogP contribution in [-0.2, 0) is 9.53 Å². The van der Waals surface area contributed by atoms with Crippen LogP contribution in [0.2, 0.25) is 0 Å². The van der Waals surface area contributed by atoms with Crippen molar-refractivity contribution in [3.63, 3.8) is 0 Å². The molecular weight excluding hydrogens is 417 g/mol. The molecule has 1 aromatic heterocycles. The van der Waals surface area contributed by atoms with Gasteiger partial charge in [0.05, 0.1) is 25.3 Å². The van der Waals surface area contributed by atoms with Gasteiger partial charge in [0.1, 0.15) is 0 Å². The molecule has 8 heteroatoms. The van der Waals surface area contributed by atoms with E-state index in [4.69, 9.17) is 4.74 Å². The van der Waals surface area contributed by atoms with Crippen LogP contribution in [0, 0.1) is 5.92 Å². The van der Waals surface area contributed by atoms with E-state index in [1.54, 1.807) is 11.3 Å². The summed E-state index contributed by atoms with van der Waals surface area (Å²) in [5, 5.41) is 5.77. The van der Waals surface area contributed by atoms with E-state index in [2.05, 4.69) is 27.7 Å². The first-order valence-corrected chi connectivity index (χ1v) is 11.0. The number of carbonyl (C=O) groups excluding carboxylic acids is 1. The first kappa shape index (κ1) is 23.9. The third-order valence-electron chi connectivity index (χ3n) is 6.34. The maximum absolute atomic E-state index is 13.1. The zero-order valence-corrected chi connectivity index (χ0v) is 19.0. The Balaban J connectivity index is 0.00000140. The van der Waals surface area contributed by atoms with Crippen LogP contribution in [0.15, 0.2) is 17.5 Å². The van der Waals surface area contributed by atoms with Gasteiger partial charge < -0.3 is 15.0 Å². The molecule has 3 aliphatic rings. The molecule has 4 unspecified atom stereocenters. The molecule has 3 fully saturated rings. The van der Waals surface area contributed by atoms with Crippen LogP contribution in [0.5, 0.6) is 0 Å². The Bertz CT molecular complexity index is 584. The van der Waals surface area contributed by atoms with Gasteiger partial charge in [0.25, 0.3) is 0 Å².